The Morgan fingerprint density at radius 3 is 2.34 bits per heavy atom. The van der Waals surface area contributed by atoms with Crippen molar-refractivity contribution in [3.63, 3.8) is 0 Å². The normalized spacial score (nSPS) is 24.4. The molecule has 0 aromatic heterocycles. The number of fused-ring (bicyclic) bond motifs is 3. The molecule has 0 saturated carbocycles. The number of anilines is 3. The number of carbonyl (C=O) groups is 4. The molecule has 3 aliphatic carbocycles. The highest BCUT2D eigenvalue weighted by molar-refractivity contribution is 6.25. The van der Waals surface area contributed by atoms with Gasteiger partial charge in [-0.3, -0.25) is 24.1 Å². The average Bonchev–Trinajstić information content (AvgIpc) is 3.29. The van der Waals surface area contributed by atoms with E-state index in [1.165, 1.54) is 24.2 Å². The van der Waals surface area contributed by atoms with Crippen LogP contribution >= 0.6 is 0 Å². The molecule has 1 heterocycles. The van der Waals surface area contributed by atoms with Crippen LogP contribution in [0.25, 0.3) is 0 Å². The van der Waals surface area contributed by atoms with Gasteiger partial charge in [0.1, 0.15) is 0 Å². The van der Waals surface area contributed by atoms with Gasteiger partial charge in [0.15, 0.2) is 23.1 Å². The van der Waals surface area contributed by atoms with Crippen molar-refractivity contribution < 1.29 is 29.0 Å². The molecule has 0 unspecified atom stereocenters. The number of para-hydroxylation sites is 1. The molecule has 8 heteroatoms. The maximum Gasteiger partial charge on any atom is 0.238 e. The third-order valence-corrected chi connectivity index (χ3v) is 9.29. The minimum Gasteiger partial charge on any atom is -0.504 e. The van der Waals surface area contributed by atoms with Gasteiger partial charge in [0.2, 0.25) is 11.8 Å². The first-order valence-electron chi connectivity index (χ1n) is 14.6. The predicted octanol–water partition coefficient (Wildman–Crippen LogP) is 5.78. The number of nitrogens with zero attached hydrogens (tertiary/aromatic N) is 1. The van der Waals surface area contributed by atoms with Crippen LogP contribution in [0.2, 0.25) is 0 Å². The van der Waals surface area contributed by atoms with E-state index in [-0.39, 0.29) is 41.3 Å². The van der Waals surface area contributed by atoms with Crippen molar-refractivity contribution in [3.05, 3.63) is 113 Å². The van der Waals surface area contributed by atoms with Gasteiger partial charge in [-0.05, 0) is 85.9 Å². The van der Waals surface area contributed by atoms with Crippen LogP contribution in [-0.2, 0) is 19.2 Å². The van der Waals surface area contributed by atoms with E-state index >= 15 is 0 Å². The molecular formula is C36H30N2O6. The van der Waals surface area contributed by atoms with E-state index in [1.54, 1.807) is 31.2 Å². The van der Waals surface area contributed by atoms with Gasteiger partial charge in [-0.15, -0.1) is 0 Å². The van der Waals surface area contributed by atoms with Crippen molar-refractivity contribution >= 4 is 40.4 Å². The molecule has 0 radical (unpaired) electrons. The molecule has 1 fully saturated rings. The molecule has 0 spiro atoms. The first kappa shape index (κ1) is 27.6. The summed E-state index contributed by atoms with van der Waals surface area (Å²) in [5, 5.41) is 13.6. The number of phenols is 1. The molecule has 7 rings (SSSR count). The number of ketones is 2. The Balaban J connectivity index is 1.26. The fourth-order valence-electron chi connectivity index (χ4n) is 7.25. The molecule has 8 nitrogen and oxygen atoms in total. The number of aromatic hydroxyl groups is 1. The monoisotopic (exact) mass is 586 g/mol. The molecule has 3 aromatic rings. The minimum absolute atomic E-state index is 0.0465. The van der Waals surface area contributed by atoms with E-state index < -0.39 is 23.7 Å². The quantitative estimate of drug-likeness (QED) is 0.221. The van der Waals surface area contributed by atoms with Crippen LogP contribution in [-0.4, -0.2) is 35.6 Å². The van der Waals surface area contributed by atoms with Crippen molar-refractivity contribution in [1.29, 1.82) is 0 Å². The van der Waals surface area contributed by atoms with Crippen LogP contribution in [0.4, 0.5) is 17.1 Å². The highest BCUT2D eigenvalue weighted by Gasteiger charge is 2.56. The highest BCUT2D eigenvalue weighted by Crippen LogP contribution is 2.56. The maximum atomic E-state index is 14.2. The number of Topliss-reactive ketones (excluding diaryl/α,β-unsaturated/α-hetero) is 1. The molecule has 220 valence electrons. The Hall–Kier alpha value is -5.24. The van der Waals surface area contributed by atoms with Crippen molar-refractivity contribution in [2.75, 3.05) is 17.3 Å². The maximum absolute atomic E-state index is 14.2. The summed E-state index contributed by atoms with van der Waals surface area (Å²) in [5.74, 6) is -3.11. The zero-order chi connectivity index (χ0) is 30.7. The Morgan fingerprint density at radius 2 is 1.61 bits per heavy atom. The smallest absolute Gasteiger partial charge is 0.238 e. The first-order valence-corrected chi connectivity index (χ1v) is 14.6. The second kappa shape index (κ2) is 10.5. The summed E-state index contributed by atoms with van der Waals surface area (Å²) in [6.45, 7) is 1.63. The SMILES string of the molecule is COc1cc([C@H]2C3=CC[C@@H]4C(=O)N(c5ccc(Nc6ccccc6)cc5)C(=O)[C@@H]4[C@@H]3CC3=C2C(=O)C(C)=CC3=O)ccc1O. The Labute approximate surface area is 254 Å². The number of hydrogen-bond acceptors (Lipinski definition) is 7. The Morgan fingerprint density at radius 1 is 0.886 bits per heavy atom. The zero-order valence-electron chi connectivity index (χ0n) is 24.2. The molecule has 2 N–H and O–H groups in total. The molecule has 0 bridgehead atoms. The molecule has 4 atom stereocenters. The van der Waals surface area contributed by atoms with E-state index in [2.05, 4.69) is 5.32 Å². The molecule has 44 heavy (non-hydrogen) atoms. The number of allylic oxidation sites excluding steroid dienone is 6. The average molecular weight is 587 g/mol. The summed E-state index contributed by atoms with van der Waals surface area (Å²) in [6, 6.07) is 21.8. The lowest BCUT2D eigenvalue weighted by molar-refractivity contribution is -0.123. The summed E-state index contributed by atoms with van der Waals surface area (Å²) in [7, 11) is 1.45. The first-order chi connectivity index (χ1) is 21.3. The van der Waals surface area contributed by atoms with E-state index in [9.17, 15) is 24.3 Å². The largest absolute Gasteiger partial charge is 0.504 e. The van der Waals surface area contributed by atoms with Crippen LogP contribution in [0.1, 0.15) is 31.2 Å². The fourth-order valence-corrected chi connectivity index (χ4v) is 7.25. The van der Waals surface area contributed by atoms with E-state index in [0.717, 1.165) is 16.9 Å². The van der Waals surface area contributed by atoms with Gasteiger partial charge in [-0.1, -0.05) is 35.9 Å². The number of rotatable bonds is 5. The van der Waals surface area contributed by atoms with Gasteiger partial charge >= 0.3 is 0 Å². The van der Waals surface area contributed by atoms with E-state index in [4.69, 9.17) is 4.74 Å². The van der Waals surface area contributed by atoms with Crippen LogP contribution < -0.4 is 15.0 Å². The number of methoxy groups -OCH3 is 1. The second-order valence-electron chi connectivity index (χ2n) is 11.7. The molecule has 4 aliphatic rings. The number of hydrogen-bond donors (Lipinski definition) is 2. The molecular weight excluding hydrogens is 556 g/mol. The Bertz CT molecular complexity index is 1840. The third kappa shape index (κ3) is 4.28. The summed E-state index contributed by atoms with van der Waals surface area (Å²) in [4.78, 5) is 56.2. The van der Waals surface area contributed by atoms with Crippen molar-refractivity contribution in [1.82, 2.24) is 0 Å². The van der Waals surface area contributed by atoms with Gasteiger partial charge in [0.05, 0.1) is 24.6 Å². The second-order valence-corrected chi connectivity index (χ2v) is 11.7. The summed E-state index contributed by atoms with van der Waals surface area (Å²) < 4.78 is 5.36. The standard InChI is InChI=1S/C36H30N2O6/c1-19-16-29(40)27-18-26-24(31(33(27)34(19)41)20-8-15-28(39)30(17-20)44-2)13-14-25-32(26)36(43)38(35(25)42)23-11-9-22(10-12-23)37-21-6-4-3-5-7-21/h3-13,15-17,25-26,31-32,37,39H,14,18H2,1-2H3/t25-,26+,31-,32-/m0/s1. The zero-order valence-corrected chi connectivity index (χ0v) is 24.2. The summed E-state index contributed by atoms with van der Waals surface area (Å²) >= 11 is 0. The lowest BCUT2D eigenvalue weighted by Crippen LogP contribution is -2.39. The molecule has 1 aliphatic heterocycles. The molecule has 3 aromatic carbocycles. The fraction of sp³-hybridized carbons (Fsp3) is 0.222. The minimum atomic E-state index is -0.671. The number of ether oxygens (including phenoxy) is 1. The summed E-state index contributed by atoms with van der Waals surface area (Å²) in [5.41, 5.74) is 4.91. The van der Waals surface area contributed by atoms with Crippen LogP contribution in [0, 0.1) is 17.8 Å². The number of amides is 2. The van der Waals surface area contributed by atoms with Crippen LogP contribution in [0.15, 0.2) is 107 Å². The van der Waals surface area contributed by atoms with Crippen molar-refractivity contribution in [3.8, 4) is 11.5 Å². The molecule has 2 amide bonds. The van der Waals surface area contributed by atoms with Gasteiger partial charge in [-0.2, -0.15) is 0 Å². The molecule has 1 saturated heterocycles. The van der Waals surface area contributed by atoms with Gasteiger partial charge in [-0.25, -0.2) is 0 Å². The highest BCUT2D eigenvalue weighted by atomic mass is 16.5. The third-order valence-electron chi connectivity index (χ3n) is 9.29. The number of carbonyl (C=O) groups excluding carboxylic acids is 4. The van der Waals surface area contributed by atoms with Gasteiger partial charge in [0, 0.05) is 34.0 Å². The van der Waals surface area contributed by atoms with Crippen molar-refractivity contribution in [2.45, 2.75) is 25.7 Å². The topological polar surface area (TPSA) is 113 Å². The van der Waals surface area contributed by atoms with Crippen molar-refractivity contribution in [2.24, 2.45) is 17.8 Å². The van der Waals surface area contributed by atoms with Gasteiger partial charge < -0.3 is 15.2 Å². The Kier molecular flexibility index (Phi) is 6.57. The number of phenolic OH excluding ortho intramolecular Hbond substituents is 1. The number of imide groups is 1. The predicted molar refractivity (Wildman–Crippen MR) is 165 cm³/mol. The summed E-state index contributed by atoms with van der Waals surface area (Å²) in [6.07, 6.45) is 3.89. The van der Waals surface area contributed by atoms with E-state index in [0.29, 0.717) is 34.4 Å². The van der Waals surface area contributed by atoms with Crippen LogP contribution in [0.3, 0.4) is 0 Å². The van der Waals surface area contributed by atoms with Gasteiger partial charge in [0.25, 0.3) is 0 Å². The number of benzene rings is 3. The lowest BCUT2D eigenvalue weighted by atomic mass is 9.59. The van der Waals surface area contributed by atoms with E-state index in [1.807, 2.05) is 48.5 Å². The lowest BCUT2D eigenvalue weighted by Gasteiger charge is -2.42. The van der Waals surface area contributed by atoms with Crippen LogP contribution in [0.5, 0.6) is 11.5 Å². The number of nitrogens with one attached hydrogen (secondary N) is 1.